The number of ether oxygens (including phenoxy) is 2. The van der Waals surface area contributed by atoms with Crippen molar-refractivity contribution < 1.29 is 19.4 Å². The Kier molecular flexibility index (Phi) is 8.98. The first-order valence-corrected chi connectivity index (χ1v) is 13.2. The lowest BCUT2D eigenvalue weighted by Crippen LogP contribution is -2.39. The molecule has 0 bridgehead atoms. The van der Waals surface area contributed by atoms with E-state index < -0.39 is 17.7 Å². The van der Waals surface area contributed by atoms with Crippen molar-refractivity contribution in [3.05, 3.63) is 35.8 Å². The summed E-state index contributed by atoms with van der Waals surface area (Å²) >= 11 is 0. The topological polar surface area (TPSA) is 84.8 Å². The highest BCUT2D eigenvalue weighted by molar-refractivity contribution is 5.85. The van der Waals surface area contributed by atoms with Crippen LogP contribution >= 0.6 is 0 Å². The van der Waals surface area contributed by atoms with Crippen LogP contribution in [0.25, 0.3) is 11.3 Å². The molecule has 0 spiro atoms. The number of aryl methyl sites for hydroxylation is 1. The monoisotopic (exact) mass is 497 g/mol. The number of unbranched alkanes of at least 4 members (excludes halogenated alkanes) is 2. The third-order valence-corrected chi connectivity index (χ3v) is 6.71. The Bertz CT molecular complexity index is 1020. The highest BCUT2D eigenvalue weighted by Crippen LogP contribution is 2.43. The van der Waals surface area contributed by atoms with Crippen LogP contribution in [0, 0.1) is 12.3 Å². The Morgan fingerprint density at radius 3 is 2.39 bits per heavy atom. The van der Waals surface area contributed by atoms with Gasteiger partial charge in [0.1, 0.15) is 5.75 Å². The number of piperidine rings is 1. The van der Waals surface area contributed by atoms with Gasteiger partial charge in [0.05, 0.1) is 29.8 Å². The number of aliphatic carboxylic acids is 1. The zero-order chi connectivity index (χ0) is 26.5. The van der Waals surface area contributed by atoms with E-state index in [1.54, 1.807) is 6.20 Å². The maximum Gasteiger partial charge on any atom is 0.337 e. The molecule has 0 unspecified atom stereocenters. The predicted molar refractivity (Wildman–Crippen MR) is 144 cm³/mol. The van der Waals surface area contributed by atoms with Crippen molar-refractivity contribution in [3.8, 4) is 17.0 Å². The summed E-state index contributed by atoms with van der Waals surface area (Å²) in [5.41, 5.74) is 3.30. The lowest BCUT2D eigenvalue weighted by molar-refractivity contribution is -0.160. The molecule has 7 nitrogen and oxygen atoms in total. The molecule has 0 saturated carbocycles. The number of carboxylic acid groups (broad SMARTS) is 1. The first-order valence-electron chi connectivity index (χ1n) is 13.2. The molecule has 198 valence electrons. The standard InChI is InChI=1S/C29H43N3O4/c1-8-9-10-17-35-21-11-12-23(31-18-21)22-19-30-20(2)24(26(27(33)34)36-28(3,4)5)25(22)32-15-13-29(6,7)14-16-32/h11-12,18-19,26H,8-10,13-17H2,1-7H3,(H,33,34)/t26-/m0/s1. The third kappa shape index (κ3) is 7.19. The van der Waals surface area contributed by atoms with Gasteiger partial charge in [0.15, 0.2) is 6.10 Å². The quantitative estimate of drug-likeness (QED) is 0.371. The van der Waals surface area contributed by atoms with Gasteiger partial charge in [-0.05, 0) is 64.5 Å². The second-order valence-corrected chi connectivity index (χ2v) is 11.6. The van der Waals surface area contributed by atoms with E-state index in [4.69, 9.17) is 14.5 Å². The molecule has 0 amide bonds. The first-order chi connectivity index (χ1) is 16.9. The molecule has 2 aromatic heterocycles. The number of carbonyl (C=O) groups is 1. The van der Waals surface area contributed by atoms with Gasteiger partial charge in [-0.3, -0.25) is 9.97 Å². The number of hydrogen-bond acceptors (Lipinski definition) is 6. The number of rotatable bonds is 10. The summed E-state index contributed by atoms with van der Waals surface area (Å²) in [7, 11) is 0. The van der Waals surface area contributed by atoms with Crippen LogP contribution in [0.15, 0.2) is 24.5 Å². The van der Waals surface area contributed by atoms with Crippen molar-refractivity contribution >= 4 is 11.7 Å². The van der Waals surface area contributed by atoms with E-state index >= 15 is 0 Å². The second-order valence-electron chi connectivity index (χ2n) is 11.6. The van der Waals surface area contributed by atoms with Crippen molar-refractivity contribution in [1.29, 1.82) is 0 Å². The van der Waals surface area contributed by atoms with E-state index in [0.717, 1.165) is 67.9 Å². The Balaban J connectivity index is 2.07. The smallest absolute Gasteiger partial charge is 0.337 e. The molecular formula is C29H43N3O4. The van der Waals surface area contributed by atoms with Gasteiger partial charge in [0.25, 0.3) is 0 Å². The van der Waals surface area contributed by atoms with E-state index in [1.165, 1.54) is 0 Å². The summed E-state index contributed by atoms with van der Waals surface area (Å²) in [5, 5.41) is 10.2. The summed E-state index contributed by atoms with van der Waals surface area (Å²) in [6.45, 7) is 16.6. The summed E-state index contributed by atoms with van der Waals surface area (Å²) in [6, 6.07) is 3.86. The number of carboxylic acids is 1. The van der Waals surface area contributed by atoms with Crippen molar-refractivity contribution in [3.63, 3.8) is 0 Å². The fourth-order valence-corrected chi connectivity index (χ4v) is 4.54. The van der Waals surface area contributed by atoms with Crippen LogP contribution in [0.2, 0.25) is 0 Å². The third-order valence-electron chi connectivity index (χ3n) is 6.71. The van der Waals surface area contributed by atoms with Crippen molar-refractivity contribution in [2.24, 2.45) is 5.41 Å². The average molecular weight is 498 g/mol. The summed E-state index contributed by atoms with van der Waals surface area (Å²) in [6.07, 6.45) is 7.76. The van der Waals surface area contributed by atoms with Crippen LogP contribution in [0.3, 0.4) is 0 Å². The SMILES string of the molecule is CCCCCOc1ccc(-c2cnc(C)c([C@H](OC(C)(C)C)C(=O)O)c2N2CCC(C)(C)CC2)nc1. The number of hydrogen-bond donors (Lipinski definition) is 1. The van der Waals surface area contributed by atoms with Crippen LogP contribution in [-0.4, -0.2) is 46.3 Å². The molecule has 1 atom stereocenters. The minimum Gasteiger partial charge on any atom is -0.492 e. The number of pyridine rings is 2. The van der Waals surface area contributed by atoms with Crippen molar-refractivity contribution in [2.75, 3.05) is 24.6 Å². The molecular weight excluding hydrogens is 454 g/mol. The minimum atomic E-state index is -1.14. The second kappa shape index (κ2) is 11.6. The fourth-order valence-electron chi connectivity index (χ4n) is 4.54. The molecule has 1 aliphatic heterocycles. The Labute approximate surface area is 216 Å². The van der Waals surface area contributed by atoms with E-state index in [2.05, 4.69) is 30.7 Å². The summed E-state index contributed by atoms with van der Waals surface area (Å²) in [4.78, 5) is 24.1. The van der Waals surface area contributed by atoms with Gasteiger partial charge in [0, 0.05) is 36.1 Å². The van der Waals surface area contributed by atoms with Crippen LogP contribution in [0.1, 0.15) is 91.0 Å². The van der Waals surface area contributed by atoms with Gasteiger partial charge in [-0.25, -0.2) is 4.79 Å². The molecule has 1 aliphatic rings. The largest absolute Gasteiger partial charge is 0.492 e. The van der Waals surface area contributed by atoms with Crippen LogP contribution in [0.5, 0.6) is 5.75 Å². The highest BCUT2D eigenvalue weighted by atomic mass is 16.5. The maximum atomic E-state index is 12.5. The zero-order valence-corrected chi connectivity index (χ0v) is 23.1. The lowest BCUT2D eigenvalue weighted by atomic mass is 9.82. The summed E-state index contributed by atoms with van der Waals surface area (Å²) < 4.78 is 12.0. The molecule has 1 saturated heterocycles. The molecule has 0 aromatic carbocycles. The van der Waals surface area contributed by atoms with Gasteiger partial charge in [-0.1, -0.05) is 33.6 Å². The molecule has 2 aromatic rings. The van der Waals surface area contributed by atoms with Crippen LogP contribution in [-0.2, 0) is 9.53 Å². The number of anilines is 1. The van der Waals surface area contributed by atoms with E-state index in [-0.39, 0.29) is 5.41 Å². The molecule has 0 aliphatic carbocycles. The van der Waals surface area contributed by atoms with Crippen LogP contribution in [0.4, 0.5) is 5.69 Å². The average Bonchev–Trinajstić information content (AvgIpc) is 2.80. The highest BCUT2D eigenvalue weighted by Gasteiger charge is 2.35. The molecule has 3 heterocycles. The van der Waals surface area contributed by atoms with Gasteiger partial charge >= 0.3 is 5.97 Å². The summed E-state index contributed by atoms with van der Waals surface area (Å²) in [5.74, 6) is -0.287. The molecule has 7 heteroatoms. The van der Waals surface area contributed by atoms with Crippen LogP contribution < -0.4 is 9.64 Å². The van der Waals surface area contributed by atoms with Gasteiger partial charge in [-0.15, -0.1) is 0 Å². The molecule has 36 heavy (non-hydrogen) atoms. The van der Waals surface area contributed by atoms with Gasteiger partial charge in [-0.2, -0.15) is 0 Å². The molecule has 1 N–H and O–H groups in total. The maximum absolute atomic E-state index is 12.5. The van der Waals surface area contributed by atoms with Gasteiger partial charge < -0.3 is 19.5 Å². The Hall–Kier alpha value is -2.67. The Morgan fingerprint density at radius 1 is 1.14 bits per heavy atom. The van der Waals surface area contributed by atoms with Crippen molar-refractivity contribution in [1.82, 2.24) is 9.97 Å². The molecule has 0 radical (unpaired) electrons. The Morgan fingerprint density at radius 2 is 1.83 bits per heavy atom. The molecule has 3 rings (SSSR count). The van der Waals surface area contributed by atoms with E-state index in [9.17, 15) is 9.90 Å². The zero-order valence-electron chi connectivity index (χ0n) is 23.1. The fraction of sp³-hybridized carbons (Fsp3) is 0.621. The first kappa shape index (κ1) is 27.9. The predicted octanol–water partition coefficient (Wildman–Crippen LogP) is 6.59. The van der Waals surface area contributed by atoms with Crippen molar-refractivity contribution in [2.45, 2.75) is 92.3 Å². The normalized spacial score (nSPS) is 16.6. The lowest BCUT2D eigenvalue weighted by Gasteiger charge is -2.40. The van der Waals surface area contributed by atoms with Gasteiger partial charge in [0.2, 0.25) is 0 Å². The van der Waals surface area contributed by atoms with E-state index in [0.29, 0.717) is 17.9 Å². The number of aromatic nitrogens is 2. The molecule has 1 fully saturated rings. The number of nitrogens with zero attached hydrogens (tertiary/aromatic N) is 3. The minimum absolute atomic E-state index is 0.252. The van der Waals surface area contributed by atoms with E-state index in [1.807, 2.05) is 46.0 Å².